The van der Waals surface area contributed by atoms with Crippen LogP contribution in [0.2, 0.25) is 10.0 Å². The van der Waals surface area contributed by atoms with Gasteiger partial charge in [0.15, 0.2) is 0 Å². The smallest absolute Gasteiger partial charge is 0.256 e. The maximum atomic E-state index is 13.5. The molecule has 0 saturated heterocycles. The lowest BCUT2D eigenvalue weighted by Gasteiger charge is -2.17. The van der Waals surface area contributed by atoms with Crippen molar-refractivity contribution in [1.29, 1.82) is 0 Å². The van der Waals surface area contributed by atoms with Crippen molar-refractivity contribution in [3.63, 3.8) is 0 Å². The Morgan fingerprint density at radius 2 is 1.79 bits per heavy atom. The van der Waals surface area contributed by atoms with Crippen molar-refractivity contribution in [3.8, 4) is 11.1 Å². The predicted octanol–water partition coefficient (Wildman–Crippen LogP) is 5.11. The van der Waals surface area contributed by atoms with Gasteiger partial charge in [-0.05, 0) is 40.5 Å². The lowest BCUT2D eigenvalue weighted by molar-refractivity contribution is -0.117. The highest BCUT2D eigenvalue weighted by molar-refractivity contribution is 6.39. The molecule has 0 fully saturated rings. The van der Waals surface area contributed by atoms with Crippen LogP contribution in [0, 0.1) is 0 Å². The topological polar surface area (TPSA) is 87.5 Å². The number of amides is 2. The molecule has 6 nitrogen and oxygen atoms in total. The van der Waals surface area contributed by atoms with E-state index in [0.717, 1.165) is 22.3 Å². The fourth-order valence-electron chi connectivity index (χ4n) is 4.03. The van der Waals surface area contributed by atoms with Crippen molar-refractivity contribution in [2.75, 3.05) is 24.6 Å². The Kier molecular flexibility index (Phi) is 6.82. The van der Waals surface area contributed by atoms with E-state index in [9.17, 15) is 9.59 Å². The summed E-state index contributed by atoms with van der Waals surface area (Å²) < 4.78 is 0. The molecule has 1 aliphatic heterocycles. The van der Waals surface area contributed by atoms with Gasteiger partial charge in [0.05, 0.1) is 27.8 Å². The second kappa shape index (κ2) is 9.79. The average molecular weight is 495 g/mol. The first-order valence-corrected chi connectivity index (χ1v) is 11.4. The lowest BCUT2D eigenvalue weighted by atomic mass is 9.95. The molecule has 1 heterocycles. The third kappa shape index (κ3) is 4.60. The number of nitrogens with zero attached hydrogens (tertiary/aromatic N) is 1. The fraction of sp³-hybridized carbons (Fsp3) is 0.154. The number of likely N-dealkylation sites (N-methyl/N-ethyl adjacent to an activating group) is 1. The van der Waals surface area contributed by atoms with Crippen molar-refractivity contribution in [2.24, 2.45) is 0 Å². The molecule has 0 spiro atoms. The minimum absolute atomic E-state index is 0.119. The second-order valence-corrected chi connectivity index (χ2v) is 8.87. The number of nitrogen functional groups attached to an aromatic ring is 1. The van der Waals surface area contributed by atoms with Gasteiger partial charge in [0, 0.05) is 31.4 Å². The van der Waals surface area contributed by atoms with E-state index < -0.39 is 0 Å². The van der Waals surface area contributed by atoms with E-state index >= 15 is 0 Å². The number of hydrogen-bond donors (Lipinski definition) is 3. The maximum absolute atomic E-state index is 13.5. The van der Waals surface area contributed by atoms with Crippen LogP contribution in [0.4, 0.5) is 11.4 Å². The molecule has 8 heteroatoms. The van der Waals surface area contributed by atoms with Crippen LogP contribution < -0.4 is 16.4 Å². The van der Waals surface area contributed by atoms with E-state index in [1.807, 2.05) is 42.5 Å². The Balaban J connectivity index is 1.75. The number of rotatable bonds is 7. The number of carbonyl (C=O) groups excluding carboxylic acids is 2. The Morgan fingerprint density at radius 3 is 2.44 bits per heavy atom. The number of anilines is 2. The molecule has 0 unspecified atom stereocenters. The summed E-state index contributed by atoms with van der Waals surface area (Å²) >= 11 is 12.6. The van der Waals surface area contributed by atoms with Crippen molar-refractivity contribution < 1.29 is 9.59 Å². The Labute approximate surface area is 208 Å². The Hall–Kier alpha value is -3.48. The molecular weight excluding hydrogens is 471 g/mol. The van der Waals surface area contributed by atoms with Crippen LogP contribution in [-0.4, -0.2) is 30.3 Å². The summed E-state index contributed by atoms with van der Waals surface area (Å²) in [5.41, 5.74) is 11.3. The summed E-state index contributed by atoms with van der Waals surface area (Å²) in [6.45, 7) is 4.83. The molecule has 34 heavy (non-hydrogen) atoms. The minimum atomic E-state index is -0.302. The maximum Gasteiger partial charge on any atom is 0.256 e. The van der Waals surface area contributed by atoms with Gasteiger partial charge < -0.3 is 21.3 Å². The summed E-state index contributed by atoms with van der Waals surface area (Å²) in [6.07, 6.45) is 0. The molecule has 0 radical (unpaired) electrons. The lowest BCUT2D eigenvalue weighted by Crippen LogP contribution is -2.31. The largest absolute Gasteiger partial charge is 0.396 e. The van der Waals surface area contributed by atoms with Crippen LogP contribution in [0.25, 0.3) is 11.1 Å². The number of nitrogens with two attached hydrogens (primary N) is 1. The Morgan fingerprint density at radius 1 is 1.12 bits per heavy atom. The molecule has 0 aliphatic carbocycles. The van der Waals surface area contributed by atoms with Crippen molar-refractivity contribution in [2.45, 2.75) is 13.1 Å². The number of carbonyl (C=O) groups is 2. The summed E-state index contributed by atoms with van der Waals surface area (Å²) in [4.78, 5) is 27.1. The minimum Gasteiger partial charge on any atom is -0.396 e. The van der Waals surface area contributed by atoms with Crippen LogP contribution in [0.5, 0.6) is 0 Å². The van der Waals surface area contributed by atoms with Gasteiger partial charge in [-0.15, -0.1) is 0 Å². The second-order valence-electron chi connectivity index (χ2n) is 8.05. The summed E-state index contributed by atoms with van der Waals surface area (Å²) in [5, 5.41) is 6.63. The van der Waals surface area contributed by atoms with Crippen LogP contribution >= 0.6 is 23.2 Å². The highest BCUT2D eigenvalue weighted by Gasteiger charge is 2.33. The van der Waals surface area contributed by atoms with Gasteiger partial charge in [0.1, 0.15) is 0 Å². The number of nitrogens with one attached hydrogen (secondary N) is 2. The standard InChI is InChI=1S/C26H24Cl2N4O2/c1-15(25(33)30-2)13-32-14-19-18(17-10-20(27)24(29)21(28)11-17)8-9-22(23(19)26(32)34)31-12-16-6-4-3-5-7-16/h3-11,31H,1,12-14,29H2,2H3,(H,30,33). The third-order valence-corrected chi connectivity index (χ3v) is 6.43. The molecule has 0 bridgehead atoms. The van der Waals surface area contributed by atoms with Crippen LogP contribution in [0.1, 0.15) is 21.5 Å². The molecular formula is C26H24Cl2N4O2. The highest BCUT2D eigenvalue weighted by Crippen LogP contribution is 2.40. The normalized spacial score (nSPS) is 12.4. The average Bonchev–Trinajstić information content (AvgIpc) is 3.16. The van der Waals surface area contributed by atoms with Crippen molar-refractivity contribution >= 4 is 46.4 Å². The van der Waals surface area contributed by atoms with E-state index in [2.05, 4.69) is 17.2 Å². The van der Waals surface area contributed by atoms with Gasteiger partial charge in [-0.25, -0.2) is 0 Å². The van der Waals surface area contributed by atoms with Gasteiger partial charge in [-0.2, -0.15) is 0 Å². The van der Waals surface area contributed by atoms with E-state index in [1.54, 1.807) is 17.0 Å². The first-order valence-electron chi connectivity index (χ1n) is 10.7. The summed E-state index contributed by atoms with van der Waals surface area (Å²) in [7, 11) is 1.53. The molecule has 2 amide bonds. The first-order chi connectivity index (χ1) is 16.3. The van der Waals surface area contributed by atoms with Crippen molar-refractivity contribution in [3.05, 3.63) is 93.5 Å². The summed E-state index contributed by atoms with van der Waals surface area (Å²) in [5.74, 6) is -0.478. The molecule has 3 aromatic carbocycles. The SMILES string of the molecule is C=C(CN1Cc2c(-c3cc(Cl)c(N)c(Cl)c3)ccc(NCc3ccccc3)c2C1=O)C(=O)NC. The number of halogens is 2. The summed E-state index contributed by atoms with van der Waals surface area (Å²) in [6, 6.07) is 17.2. The first kappa shape index (κ1) is 23.7. The highest BCUT2D eigenvalue weighted by atomic mass is 35.5. The van der Waals surface area contributed by atoms with Crippen LogP contribution in [0.3, 0.4) is 0 Å². The molecule has 4 N–H and O–H groups in total. The molecule has 1 aliphatic rings. The monoisotopic (exact) mass is 494 g/mol. The zero-order valence-electron chi connectivity index (χ0n) is 18.6. The van der Waals surface area contributed by atoms with Gasteiger partial charge in [-0.1, -0.05) is 66.2 Å². The van der Waals surface area contributed by atoms with E-state index in [4.69, 9.17) is 28.9 Å². The zero-order chi connectivity index (χ0) is 24.4. The van der Waals surface area contributed by atoms with Crippen molar-refractivity contribution in [1.82, 2.24) is 10.2 Å². The van der Waals surface area contributed by atoms with E-state index in [0.29, 0.717) is 45.6 Å². The number of fused-ring (bicyclic) bond motifs is 1. The number of benzene rings is 3. The van der Waals surface area contributed by atoms with E-state index in [1.165, 1.54) is 7.05 Å². The van der Waals surface area contributed by atoms with Gasteiger partial charge in [-0.3, -0.25) is 9.59 Å². The number of hydrogen-bond acceptors (Lipinski definition) is 4. The zero-order valence-corrected chi connectivity index (χ0v) is 20.1. The molecule has 0 atom stereocenters. The molecule has 0 saturated carbocycles. The van der Waals surface area contributed by atoms with Gasteiger partial charge in [0.25, 0.3) is 5.91 Å². The fourth-order valence-corrected chi connectivity index (χ4v) is 4.52. The molecule has 4 rings (SSSR count). The molecule has 174 valence electrons. The van der Waals surface area contributed by atoms with Gasteiger partial charge >= 0.3 is 0 Å². The quantitative estimate of drug-likeness (QED) is 0.314. The van der Waals surface area contributed by atoms with Gasteiger partial charge in [0.2, 0.25) is 5.91 Å². The molecule has 3 aromatic rings. The van der Waals surface area contributed by atoms with Crippen LogP contribution in [0.15, 0.2) is 66.7 Å². The molecule has 0 aromatic heterocycles. The predicted molar refractivity (Wildman–Crippen MR) is 138 cm³/mol. The third-order valence-electron chi connectivity index (χ3n) is 5.81. The van der Waals surface area contributed by atoms with Crippen LogP contribution in [-0.2, 0) is 17.9 Å². The van der Waals surface area contributed by atoms with E-state index in [-0.39, 0.29) is 18.4 Å². The Bertz CT molecular complexity index is 1270.